The van der Waals surface area contributed by atoms with Gasteiger partial charge in [-0.3, -0.25) is 4.79 Å². The van der Waals surface area contributed by atoms with E-state index >= 15 is 0 Å². The van der Waals surface area contributed by atoms with Crippen LogP contribution in [-0.4, -0.2) is 28.2 Å². The van der Waals surface area contributed by atoms with E-state index in [1.807, 2.05) is 20.8 Å². The molecule has 5 heteroatoms. The molecule has 0 radical (unpaired) electrons. The molecule has 2 amide bonds. The highest BCUT2D eigenvalue weighted by atomic mass is 16.4. The lowest BCUT2D eigenvalue weighted by Gasteiger charge is -2.39. The molecule has 0 saturated carbocycles. The van der Waals surface area contributed by atoms with E-state index in [1.54, 1.807) is 27.7 Å². The second-order valence-corrected chi connectivity index (χ2v) is 6.38. The summed E-state index contributed by atoms with van der Waals surface area (Å²) in [6.45, 7) is 12.2. The lowest BCUT2D eigenvalue weighted by atomic mass is 9.74. The fraction of sp³-hybridized carbons (Fsp3) is 0.833. The average molecular weight is 244 g/mol. The van der Waals surface area contributed by atoms with E-state index in [2.05, 4.69) is 10.6 Å². The topological polar surface area (TPSA) is 78.4 Å². The summed E-state index contributed by atoms with van der Waals surface area (Å²) in [6.07, 6.45) is 0. The summed E-state index contributed by atoms with van der Waals surface area (Å²) in [7, 11) is 0. The van der Waals surface area contributed by atoms with E-state index in [0.29, 0.717) is 0 Å². The first-order valence-corrected chi connectivity index (χ1v) is 5.63. The van der Waals surface area contributed by atoms with Crippen molar-refractivity contribution in [2.75, 3.05) is 0 Å². The summed E-state index contributed by atoms with van der Waals surface area (Å²) >= 11 is 0. The zero-order valence-corrected chi connectivity index (χ0v) is 11.8. The lowest BCUT2D eigenvalue weighted by Crippen LogP contribution is -2.60. The number of hydrogen-bond acceptors (Lipinski definition) is 2. The van der Waals surface area contributed by atoms with E-state index < -0.39 is 16.9 Å². The summed E-state index contributed by atoms with van der Waals surface area (Å²) in [6, 6.07) is -0.364. The van der Waals surface area contributed by atoms with Gasteiger partial charge in [0.2, 0.25) is 0 Å². The van der Waals surface area contributed by atoms with Crippen molar-refractivity contribution in [3.8, 4) is 0 Å². The van der Waals surface area contributed by atoms with Crippen molar-refractivity contribution in [2.45, 2.75) is 59.5 Å². The van der Waals surface area contributed by atoms with Gasteiger partial charge in [-0.2, -0.15) is 0 Å². The van der Waals surface area contributed by atoms with Crippen LogP contribution < -0.4 is 10.6 Å². The number of aliphatic carboxylic acids is 1. The summed E-state index contributed by atoms with van der Waals surface area (Å²) in [5.74, 6) is -0.946. The van der Waals surface area contributed by atoms with E-state index in [-0.39, 0.29) is 11.6 Å². The van der Waals surface area contributed by atoms with Gasteiger partial charge < -0.3 is 15.7 Å². The van der Waals surface area contributed by atoms with Crippen LogP contribution >= 0.6 is 0 Å². The molecule has 0 heterocycles. The van der Waals surface area contributed by atoms with Crippen LogP contribution in [0.5, 0.6) is 0 Å². The first-order chi connectivity index (χ1) is 7.29. The smallest absolute Gasteiger partial charge is 0.315 e. The molecule has 0 rings (SSSR count). The van der Waals surface area contributed by atoms with Crippen molar-refractivity contribution in [2.24, 2.45) is 5.41 Å². The van der Waals surface area contributed by atoms with Gasteiger partial charge in [0, 0.05) is 5.54 Å². The molecule has 0 aromatic heterocycles. The molecular weight excluding hydrogens is 220 g/mol. The summed E-state index contributed by atoms with van der Waals surface area (Å²) in [5.41, 5.74) is -2.26. The van der Waals surface area contributed by atoms with Crippen LogP contribution in [0.1, 0.15) is 48.5 Å². The Hall–Kier alpha value is -1.26. The van der Waals surface area contributed by atoms with Gasteiger partial charge in [-0.05, 0) is 48.5 Å². The van der Waals surface area contributed by atoms with Crippen molar-refractivity contribution in [1.29, 1.82) is 0 Å². The number of amides is 2. The average Bonchev–Trinajstić information content (AvgIpc) is 1.97. The SMILES string of the molecule is CC(C)(C)NC(=O)NC(C)(C)C(C)(C)C(=O)O. The van der Waals surface area contributed by atoms with Gasteiger partial charge in [0.1, 0.15) is 0 Å². The lowest BCUT2D eigenvalue weighted by molar-refractivity contribution is -0.150. The molecule has 0 aromatic carbocycles. The number of carbonyl (C=O) groups is 2. The van der Waals surface area contributed by atoms with Crippen LogP contribution in [0.2, 0.25) is 0 Å². The first-order valence-electron chi connectivity index (χ1n) is 5.63. The maximum atomic E-state index is 11.7. The number of carboxylic acids is 1. The molecule has 0 atom stereocenters. The fourth-order valence-corrected chi connectivity index (χ4v) is 1.08. The second-order valence-electron chi connectivity index (χ2n) is 6.38. The molecule has 0 bridgehead atoms. The highest BCUT2D eigenvalue weighted by Crippen LogP contribution is 2.30. The number of carbonyl (C=O) groups excluding carboxylic acids is 1. The number of rotatable bonds is 3. The van der Waals surface area contributed by atoms with Crippen LogP contribution in [0.25, 0.3) is 0 Å². The minimum absolute atomic E-state index is 0.354. The normalized spacial score (nSPS) is 13.1. The minimum atomic E-state index is -1.05. The van der Waals surface area contributed by atoms with Gasteiger partial charge in [0.25, 0.3) is 0 Å². The number of urea groups is 1. The Morgan fingerprint density at radius 3 is 1.59 bits per heavy atom. The predicted molar refractivity (Wildman–Crippen MR) is 66.9 cm³/mol. The van der Waals surface area contributed by atoms with Crippen LogP contribution in [0.4, 0.5) is 4.79 Å². The molecule has 17 heavy (non-hydrogen) atoms. The van der Waals surface area contributed by atoms with E-state index in [0.717, 1.165) is 0 Å². The first kappa shape index (κ1) is 15.7. The van der Waals surface area contributed by atoms with Crippen molar-refractivity contribution < 1.29 is 14.7 Å². The molecule has 0 unspecified atom stereocenters. The molecule has 100 valence electrons. The van der Waals surface area contributed by atoms with Crippen LogP contribution in [-0.2, 0) is 4.79 Å². The van der Waals surface area contributed by atoms with Crippen LogP contribution in [0.3, 0.4) is 0 Å². The largest absolute Gasteiger partial charge is 0.481 e. The molecule has 0 saturated heterocycles. The third kappa shape index (κ3) is 4.24. The Labute approximate surface area is 103 Å². The van der Waals surface area contributed by atoms with Crippen LogP contribution in [0.15, 0.2) is 0 Å². The van der Waals surface area contributed by atoms with Crippen LogP contribution in [0, 0.1) is 5.41 Å². The quantitative estimate of drug-likeness (QED) is 0.710. The fourth-order valence-electron chi connectivity index (χ4n) is 1.08. The van der Waals surface area contributed by atoms with Gasteiger partial charge in [-0.25, -0.2) is 4.79 Å². The molecular formula is C12H24N2O3. The number of nitrogens with one attached hydrogen (secondary N) is 2. The third-order valence-corrected chi connectivity index (χ3v) is 3.01. The maximum absolute atomic E-state index is 11.7. The monoisotopic (exact) mass is 244 g/mol. The Morgan fingerprint density at radius 1 is 0.882 bits per heavy atom. The molecule has 0 spiro atoms. The zero-order chi connectivity index (χ0) is 14.1. The summed E-state index contributed by atoms with van der Waals surface area (Å²) in [4.78, 5) is 22.9. The molecule has 0 aliphatic carbocycles. The van der Waals surface area contributed by atoms with Gasteiger partial charge in [-0.1, -0.05) is 0 Å². The van der Waals surface area contributed by atoms with Crippen molar-refractivity contribution >= 4 is 12.0 Å². The van der Waals surface area contributed by atoms with E-state index in [1.165, 1.54) is 0 Å². The molecule has 0 aromatic rings. The molecule has 3 N–H and O–H groups in total. The van der Waals surface area contributed by atoms with Gasteiger partial charge in [-0.15, -0.1) is 0 Å². The number of carboxylic acid groups (broad SMARTS) is 1. The van der Waals surface area contributed by atoms with Crippen molar-refractivity contribution in [3.63, 3.8) is 0 Å². The highest BCUT2D eigenvalue weighted by Gasteiger charge is 2.44. The Balaban J connectivity index is 4.78. The van der Waals surface area contributed by atoms with Crippen molar-refractivity contribution in [3.05, 3.63) is 0 Å². The second kappa shape index (κ2) is 4.55. The molecule has 5 nitrogen and oxygen atoms in total. The predicted octanol–water partition coefficient (Wildman–Crippen LogP) is 1.97. The van der Waals surface area contributed by atoms with E-state index in [9.17, 15) is 9.59 Å². The van der Waals surface area contributed by atoms with Crippen molar-refractivity contribution in [1.82, 2.24) is 10.6 Å². The zero-order valence-electron chi connectivity index (χ0n) is 11.8. The van der Waals surface area contributed by atoms with Gasteiger partial charge in [0.05, 0.1) is 11.0 Å². The molecule has 0 aliphatic rings. The molecule has 0 fully saturated rings. The van der Waals surface area contributed by atoms with Gasteiger partial charge >= 0.3 is 12.0 Å². The third-order valence-electron chi connectivity index (χ3n) is 3.01. The maximum Gasteiger partial charge on any atom is 0.315 e. The molecule has 0 aliphatic heterocycles. The van der Waals surface area contributed by atoms with E-state index in [4.69, 9.17) is 5.11 Å². The Bertz CT molecular complexity index is 314. The highest BCUT2D eigenvalue weighted by molar-refractivity contribution is 5.80. The summed E-state index contributed by atoms with van der Waals surface area (Å²) < 4.78 is 0. The minimum Gasteiger partial charge on any atom is -0.481 e. The Morgan fingerprint density at radius 2 is 1.29 bits per heavy atom. The Kier molecular flexibility index (Phi) is 4.21. The number of hydrogen-bond donors (Lipinski definition) is 3. The van der Waals surface area contributed by atoms with Gasteiger partial charge in [0.15, 0.2) is 0 Å². The standard InChI is InChI=1S/C12H24N2O3/c1-10(2,3)13-9(17)14-12(6,7)11(4,5)8(15)16/h1-7H3,(H,15,16)(H2,13,14,17). The summed E-state index contributed by atoms with van der Waals surface area (Å²) in [5, 5.41) is 14.6.